The smallest absolute Gasteiger partial charge is 0.265 e. The van der Waals surface area contributed by atoms with Crippen molar-refractivity contribution in [2.24, 2.45) is 0 Å². The van der Waals surface area contributed by atoms with Crippen LogP contribution in [0.15, 0.2) is 34.4 Å². The zero-order valence-electron chi connectivity index (χ0n) is 10.8. The highest BCUT2D eigenvalue weighted by atomic mass is 35.5. The van der Waals surface area contributed by atoms with Crippen LogP contribution >= 0.6 is 34.5 Å². The number of aromatic nitrogens is 1. The Morgan fingerprint density at radius 2 is 2.00 bits per heavy atom. The van der Waals surface area contributed by atoms with Crippen LogP contribution in [0.25, 0.3) is 10.2 Å². The van der Waals surface area contributed by atoms with Crippen molar-refractivity contribution in [1.29, 1.82) is 0 Å². The molecule has 0 fully saturated rings. The maximum absolute atomic E-state index is 12.3. The molecule has 0 spiro atoms. The minimum absolute atomic E-state index is 0.270. The Morgan fingerprint density at radius 1 is 1.23 bits per heavy atom. The molecule has 0 unspecified atom stereocenters. The Labute approximate surface area is 138 Å². The van der Waals surface area contributed by atoms with Crippen LogP contribution in [0.4, 0.5) is 5.69 Å². The number of hydrogen-bond donors (Lipinski definition) is 3. The molecule has 8 heteroatoms. The van der Waals surface area contributed by atoms with Crippen LogP contribution in [0.1, 0.15) is 10.4 Å². The second-order valence-electron chi connectivity index (χ2n) is 4.42. The number of H-pyrrole nitrogens is 1. The lowest BCUT2D eigenvalue weighted by atomic mass is 10.2. The summed E-state index contributed by atoms with van der Waals surface area (Å²) in [6.07, 6.45) is 0. The first kappa shape index (κ1) is 14.9. The molecule has 0 aliphatic rings. The zero-order valence-corrected chi connectivity index (χ0v) is 13.1. The van der Waals surface area contributed by atoms with Gasteiger partial charge in [0.15, 0.2) is 5.75 Å². The zero-order chi connectivity index (χ0) is 15.9. The third-order valence-electron chi connectivity index (χ3n) is 3.00. The standard InChI is InChI=1S/C14H8Cl2N2O3S/c15-7-2-1-6(5-8(7)16)17-13(20)10-11(19)12-9(3-4-22-12)18-14(10)21/h1-5H,(H,17,20)(H2,18,19,21). The molecular weight excluding hydrogens is 347 g/mol. The molecule has 0 bridgehead atoms. The minimum Gasteiger partial charge on any atom is -0.505 e. The van der Waals surface area contributed by atoms with Crippen molar-refractivity contribution >= 4 is 56.3 Å². The first-order chi connectivity index (χ1) is 10.5. The molecule has 0 aliphatic carbocycles. The molecule has 112 valence electrons. The van der Waals surface area contributed by atoms with Crippen molar-refractivity contribution in [1.82, 2.24) is 4.98 Å². The van der Waals surface area contributed by atoms with Crippen LogP contribution in [-0.4, -0.2) is 16.0 Å². The van der Waals surface area contributed by atoms with Gasteiger partial charge in [0.25, 0.3) is 11.5 Å². The number of nitrogens with one attached hydrogen (secondary N) is 2. The Kier molecular flexibility index (Phi) is 3.82. The molecule has 0 saturated carbocycles. The van der Waals surface area contributed by atoms with Gasteiger partial charge in [-0.05, 0) is 29.6 Å². The lowest BCUT2D eigenvalue weighted by Gasteiger charge is -2.07. The number of carbonyl (C=O) groups is 1. The van der Waals surface area contributed by atoms with Crippen LogP contribution in [-0.2, 0) is 0 Å². The summed E-state index contributed by atoms with van der Waals surface area (Å²) in [5.74, 6) is -1.07. The molecule has 0 radical (unpaired) electrons. The maximum atomic E-state index is 12.3. The van der Waals surface area contributed by atoms with Gasteiger partial charge >= 0.3 is 0 Å². The maximum Gasteiger partial charge on any atom is 0.265 e. The number of fused-ring (bicyclic) bond motifs is 1. The van der Waals surface area contributed by atoms with Gasteiger partial charge in [-0.3, -0.25) is 9.59 Å². The third-order valence-corrected chi connectivity index (χ3v) is 4.66. The first-order valence-electron chi connectivity index (χ1n) is 6.06. The summed E-state index contributed by atoms with van der Waals surface area (Å²) in [7, 11) is 0. The number of aromatic hydroxyl groups is 1. The van der Waals surface area contributed by atoms with E-state index >= 15 is 0 Å². The average molecular weight is 355 g/mol. The van der Waals surface area contributed by atoms with Gasteiger partial charge in [0.2, 0.25) is 0 Å². The fourth-order valence-corrected chi connectivity index (χ4v) is 3.07. The summed E-state index contributed by atoms with van der Waals surface area (Å²) in [5.41, 5.74) is -0.162. The van der Waals surface area contributed by atoms with Gasteiger partial charge in [0.05, 0.1) is 20.3 Å². The van der Waals surface area contributed by atoms with Gasteiger partial charge in [-0.1, -0.05) is 23.2 Å². The Morgan fingerprint density at radius 3 is 2.73 bits per heavy atom. The molecule has 1 amide bonds. The second-order valence-corrected chi connectivity index (χ2v) is 6.15. The largest absolute Gasteiger partial charge is 0.505 e. The number of rotatable bonds is 2. The van der Waals surface area contributed by atoms with Crippen LogP contribution in [0.2, 0.25) is 10.0 Å². The Hall–Kier alpha value is -2.02. The lowest BCUT2D eigenvalue weighted by molar-refractivity contribution is 0.102. The molecule has 2 aromatic heterocycles. The summed E-state index contributed by atoms with van der Waals surface area (Å²) in [4.78, 5) is 26.8. The van der Waals surface area contributed by atoms with Gasteiger partial charge in [-0.25, -0.2) is 0 Å². The number of aromatic amines is 1. The quantitative estimate of drug-likeness (QED) is 0.653. The minimum atomic E-state index is -0.729. The van der Waals surface area contributed by atoms with Crippen molar-refractivity contribution in [3.05, 3.63) is 55.6 Å². The number of benzene rings is 1. The SMILES string of the molecule is O=C(Nc1ccc(Cl)c(Cl)c1)c1c(O)c2sccc2[nH]c1=O. The molecule has 3 rings (SSSR count). The first-order valence-corrected chi connectivity index (χ1v) is 7.70. The summed E-state index contributed by atoms with van der Waals surface area (Å²) in [6.45, 7) is 0. The fraction of sp³-hybridized carbons (Fsp3) is 0. The predicted octanol–water partition coefficient (Wildman–Crippen LogP) is 3.85. The third kappa shape index (κ3) is 2.56. The number of thiophene rings is 1. The molecule has 0 aliphatic heterocycles. The van der Waals surface area contributed by atoms with E-state index in [0.717, 1.165) is 0 Å². The van der Waals surface area contributed by atoms with Crippen LogP contribution < -0.4 is 10.9 Å². The average Bonchev–Trinajstić information content (AvgIpc) is 2.91. The summed E-state index contributed by atoms with van der Waals surface area (Å²) in [6, 6.07) is 6.17. The number of carbonyl (C=O) groups excluding carboxylic acids is 1. The van der Waals surface area contributed by atoms with Crippen molar-refractivity contribution in [3.8, 4) is 5.75 Å². The molecule has 2 heterocycles. The summed E-state index contributed by atoms with van der Waals surface area (Å²) in [5, 5.41) is 15.0. The molecule has 3 N–H and O–H groups in total. The van der Waals surface area contributed by atoms with E-state index in [1.165, 1.54) is 23.5 Å². The highest BCUT2D eigenvalue weighted by Crippen LogP contribution is 2.30. The van der Waals surface area contributed by atoms with Crippen LogP contribution in [0.5, 0.6) is 5.75 Å². The number of anilines is 1. The highest BCUT2D eigenvalue weighted by Gasteiger charge is 2.20. The van der Waals surface area contributed by atoms with E-state index in [0.29, 0.717) is 20.9 Å². The summed E-state index contributed by atoms with van der Waals surface area (Å²) >= 11 is 12.9. The van der Waals surface area contributed by atoms with E-state index in [2.05, 4.69) is 10.3 Å². The van der Waals surface area contributed by atoms with E-state index < -0.39 is 11.5 Å². The van der Waals surface area contributed by atoms with Crippen molar-refractivity contribution < 1.29 is 9.90 Å². The molecule has 1 aromatic carbocycles. The Bertz CT molecular complexity index is 949. The molecular formula is C14H8Cl2N2O3S. The molecule has 22 heavy (non-hydrogen) atoms. The van der Waals surface area contributed by atoms with E-state index in [-0.39, 0.29) is 16.3 Å². The molecule has 5 nitrogen and oxygen atoms in total. The number of halogens is 2. The van der Waals surface area contributed by atoms with Gasteiger partial charge in [0, 0.05) is 5.69 Å². The normalized spacial score (nSPS) is 10.8. The summed E-state index contributed by atoms with van der Waals surface area (Å²) < 4.78 is 0.443. The lowest BCUT2D eigenvalue weighted by Crippen LogP contribution is -2.23. The molecule has 3 aromatic rings. The predicted molar refractivity (Wildman–Crippen MR) is 88.5 cm³/mol. The van der Waals surface area contributed by atoms with Gasteiger partial charge < -0.3 is 15.4 Å². The number of pyridine rings is 1. The van der Waals surface area contributed by atoms with Crippen molar-refractivity contribution in [2.75, 3.05) is 5.32 Å². The van der Waals surface area contributed by atoms with Crippen LogP contribution in [0.3, 0.4) is 0 Å². The van der Waals surface area contributed by atoms with E-state index in [4.69, 9.17) is 23.2 Å². The van der Waals surface area contributed by atoms with Crippen molar-refractivity contribution in [3.63, 3.8) is 0 Å². The van der Waals surface area contributed by atoms with E-state index in [9.17, 15) is 14.7 Å². The van der Waals surface area contributed by atoms with Gasteiger partial charge in [0.1, 0.15) is 5.56 Å². The topological polar surface area (TPSA) is 82.2 Å². The van der Waals surface area contributed by atoms with Gasteiger partial charge in [-0.15, -0.1) is 11.3 Å². The van der Waals surface area contributed by atoms with E-state index in [1.54, 1.807) is 17.5 Å². The number of hydrogen-bond acceptors (Lipinski definition) is 4. The Balaban J connectivity index is 2.01. The monoisotopic (exact) mass is 354 g/mol. The molecule has 0 saturated heterocycles. The highest BCUT2D eigenvalue weighted by molar-refractivity contribution is 7.17. The molecule has 0 atom stereocenters. The van der Waals surface area contributed by atoms with E-state index in [1.807, 2.05) is 0 Å². The van der Waals surface area contributed by atoms with Crippen LogP contribution in [0, 0.1) is 0 Å². The second kappa shape index (κ2) is 5.64. The van der Waals surface area contributed by atoms with Crippen molar-refractivity contribution in [2.45, 2.75) is 0 Å². The fourth-order valence-electron chi connectivity index (χ4n) is 1.98. The van der Waals surface area contributed by atoms with Gasteiger partial charge in [-0.2, -0.15) is 0 Å². The number of amides is 1.